The van der Waals surface area contributed by atoms with Gasteiger partial charge in [0.2, 0.25) is 0 Å². The number of ether oxygens (including phenoxy) is 1. The van der Waals surface area contributed by atoms with Gasteiger partial charge in [-0.05, 0) is 42.0 Å². The summed E-state index contributed by atoms with van der Waals surface area (Å²) in [4.78, 5) is 12.5. The molecular weight excluding hydrogens is 433 g/mol. The lowest BCUT2D eigenvalue weighted by atomic mass is 10.1. The molecule has 3 aromatic carbocycles. The minimum Gasteiger partial charge on any atom is -0.497 e. The van der Waals surface area contributed by atoms with Crippen molar-refractivity contribution in [3.05, 3.63) is 89.7 Å². The molecule has 9 heteroatoms. The minimum absolute atomic E-state index is 0.0546. The summed E-state index contributed by atoms with van der Waals surface area (Å²) < 4.78 is 47.2. The highest BCUT2D eigenvalue weighted by atomic mass is 32.2. The lowest BCUT2D eigenvalue weighted by molar-refractivity contribution is 0.102. The molecule has 3 aromatic rings. The summed E-state index contributed by atoms with van der Waals surface area (Å²) in [6.07, 6.45) is 0. The fraction of sp³-hybridized carbons (Fsp3) is 0.174. The Morgan fingerprint density at radius 3 is 2.31 bits per heavy atom. The Morgan fingerprint density at radius 1 is 1.00 bits per heavy atom. The third-order valence-corrected chi connectivity index (χ3v) is 6.54. The molecule has 0 atom stereocenters. The molecule has 0 bridgehead atoms. The number of anilines is 2. The van der Waals surface area contributed by atoms with Gasteiger partial charge in [0.15, 0.2) is 0 Å². The number of halogens is 1. The zero-order valence-corrected chi connectivity index (χ0v) is 18.8. The Balaban J connectivity index is 1.82. The highest BCUT2D eigenvalue weighted by Crippen LogP contribution is 2.25. The first kappa shape index (κ1) is 23.2. The summed E-state index contributed by atoms with van der Waals surface area (Å²) in [5.74, 6) is -0.350. The third-order valence-electron chi connectivity index (χ3n) is 4.73. The van der Waals surface area contributed by atoms with Gasteiger partial charge < -0.3 is 10.1 Å². The van der Waals surface area contributed by atoms with Crippen LogP contribution in [-0.2, 0) is 16.8 Å². The maximum Gasteiger partial charge on any atom is 0.303 e. The number of carbonyl (C=O) groups excluding carboxylic acids is 1. The van der Waals surface area contributed by atoms with E-state index in [1.807, 2.05) is 0 Å². The van der Waals surface area contributed by atoms with Crippen LogP contribution in [0.1, 0.15) is 15.9 Å². The molecule has 168 valence electrons. The molecule has 1 amide bonds. The molecule has 0 spiro atoms. The monoisotopic (exact) mass is 457 g/mol. The predicted molar refractivity (Wildman–Crippen MR) is 123 cm³/mol. The number of hydrogen-bond acceptors (Lipinski definition) is 4. The molecule has 0 aromatic heterocycles. The average Bonchev–Trinajstić information content (AvgIpc) is 2.78. The molecule has 0 aliphatic rings. The second kappa shape index (κ2) is 9.80. The average molecular weight is 458 g/mol. The number of nitrogens with one attached hydrogen (secondary N) is 1. The van der Waals surface area contributed by atoms with Gasteiger partial charge in [-0.2, -0.15) is 12.7 Å². The Hall–Kier alpha value is -3.43. The molecule has 32 heavy (non-hydrogen) atoms. The van der Waals surface area contributed by atoms with Gasteiger partial charge in [-0.1, -0.05) is 30.3 Å². The molecule has 3 rings (SSSR count). The number of hydrogen-bond donors (Lipinski definition) is 1. The highest BCUT2D eigenvalue weighted by Gasteiger charge is 2.27. The zero-order valence-electron chi connectivity index (χ0n) is 17.9. The molecule has 1 N–H and O–H groups in total. The molecule has 0 saturated heterocycles. The predicted octanol–water partition coefficient (Wildman–Crippen LogP) is 3.90. The molecule has 0 heterocycles. The van der Waals surface area contributed by atoms with Gasteiger partial charge in [0.1, 0.15) is 11.6 Å². The topological polar surface area (TPSA) is 79.0 Å². The first-order chi connectivity index (χ1) is 15.2. The van der Waals surface area contributed by atoms with Crippen LogP contribution < -0.4 is 14.4 Å². The van der Waals surface area contributed by atoms with Crippen LogP contribution in [-0.4, -0.2) is 39.8 Å². The van der Waals surface area contributed by atoms with Crippen molar-refractivity contribution in [3.63, 3.8) is 0 Å². The van der Waals surface area contributed by atoms with E-state index in [0.717, 1.165) is 8.61 Å². The molecule has 7 nitrogen and oxygen atoms in total. The van der Waals surface area contributed by atoms with Crippen LogP contribution in [0, 0.1) is 5.82 Å². The van der Waals surface area contributed by atoms with E-state index in [1.54, 1.807) is 61.7 Å². The van der Waals surface area contributed by atoms with Crippen LogP contribution >= 0.6 is 0 Å². The van der Waals surface area contributed by atoms with Crippen molar-refractivity contribution in [2.24, 2.45) is 0 Å². The van der Waals surface area contributed by atoms with Crippen molar-refractivity contribution in [2.45, 2.75) is 6.54 Å². The zero-order chi connectivity index (χ0) is 23.3. The molecule has 0 saturated carbocycles. The molecular formula is C23H24FN3O4S. The molecule has 0 aliphatic heterocycles. The van der Waals surface area contributed by atoms with Gasteiger partial charge in [-0.15, -0.1) is 0 Å². The number of nitrogens with zero attached hydrogens (tertiary/aromatic N) is 2. The third kappa shape index (κ3) is 5.24. The summed E-state index contributed by atoms with van der Waals surface area (Å²) >= 11 is 0. The summed E-state index contributed by atoms with van der Waals surface area (Å²) in [5, 5.41) is 2.78. The molecule has 0 fully saturated rings. The van der Waals surface area contributed by atoms with Gasteiger partial charge in [-0.25, -0.2) is 4.39 Å². The normalized spacial score (nSPS) is 11.3. The minimum atomic E-state index is -3.95. The number of carbonyl (C=O) groups is 1. The van der Waals surface area contributed by atoms with Crippen LogP contribution in [0.25, 0.3) is 0 Å². The summed E-state index contributed by atoms with van der Waals surface area (Å²) in [6, 6.07) is 19.1. The summed E-state index contributed by atoms with van der Waals surface area (Å²) in [7, 11) is 0.360. The maximum absolute atomic E-state index is 14.4. The maximum atomic E-state index is 14.4. The van der Waals surface area contributed by atoms with Gasteiger partial charge in [-0.3, -0.25) is 9.10 Å². The van der Waals surface area contributed by atoms with Crippen molar-refractivity contribution >= 4 is 27.5 Å². The van der Waals surface area contributed by atoms with Crippen LogP contribution in [0.2, 0.25) is 0 Å². The lowest BCUT2D eigenvalue weighted by Crippen LogP contribution is -2.40. The van der Waals surface area contributed by atoms with Gasteiger partial charge in [0.05, 0.1) is 19.3 Å². The van der Waals surface area contributed by atoms with Crippen molar-refractivity contribution in [3.8, 4) is 5.75 Å². The molecule has 0 unspecified atom stereocenters. The van der Waals surface area contributed by atoms with Crippen LogP contribution in [0.4, 0.5) is 15.8 Å². The first-order valence-electron chi connectivity index (χ1n) is 9.71. The Bertz CT molecular complexity index is 1200. The fourth-order valence-electron chi connectivity index (χ4n) is 2.97. The van der Waals surface area contributed by atoms with Crippen molar-refractivity contribution in [1.29, 1.82) is 0 Å². The smallest absolute Gasteiger partial charge is 0.303 e. The Kier molecular flexibility index (Phi) is 7.12. The first-order valence-corrected chi connectivity index (χ1v) is 11.1. The fourth-order valence-corrected chi connectivity index (χ4v) is 4.08. The van der Waals surface area contributed by atoms with E-state index >= 15 is 0 Å². The highest BCUT2D eigenvalue weighted by molar-refractivity contribution is 7.90. The Labute approximate surface area is 187 Å². The number of amides is 1. The SMILES string of the molecule is COc1cccc(NC(=O)c2ccc(CN(c3ccccc3F)S(=O)(=O)N(C)C)cc2)c1. The van der Waals surface area contributed by atoms with Crippen molar-refractivity contribution in [2.75, 3.05) is 30.8 Å². The number of rotatable bonds is 8. The standard InChI is InChI=1S/C23H24FN3O4S/c1-26(2)32(29,30)27(22-10-5-4-9-21(22)24)16-17-11-13-18(14-12-17)23(28)25-19-7-6-8-20(15-19)31-3/h4-15H,16H2,1-3H3,(H,25,28). The van der Waals surface area contributed by atoms with E-state index in [0.29, 0.717) is 22.6 Å². The largest absolute Gasteiger partial charge is 0.497 e. The van der Waals surface area contributed by atoms with E-state index in [1.165, 1.54) is 32.3 Å². The summed E-state index contributed by atoms with van der Waals surface area (Å²) in [6.45, 7) is -0.0980. The van der Waals surface area contributed by atoms with E-state index in [-0.39, 0.29) is 18.1 Å². The van der Waals surface area contributed by atoms with E-state index < -0.39 is 16.0 Å². The van der Waals surface area contributed by atoms with Gasteiger partial charge in [0.25, 0.3) is 5.91 Å². The quantitative estimate of drug-likeness (QED) is 0.557. The van der Waals surface area contributed by atoms with Crippen LogP contribution in [0.5, 0.6) is 5.75 Å². The van der Waals surface area contributed by atoms with E-state index in [9.17, 15) is 17.6 Å². The second-order valence-corrected chi connectivity index (χ2v) is 9.20. The summed E-state index contributed by atoms with van der Waals surface area (Å²) in [5.41, 5.74) is 1.52. The number of benzene rings is 3. The van der Waals surface area contributed by atoms with Crippen molar-refractivity contribution in [1.82, 2.24) is 4.31 Å². The molecule has 0 aliphatic carbocycles. The molecule has 0 radical (unpaired) electrons. The Morgan fingerprint density at radius 2 is 1.69 bits per heavy atom. The number of para-hydroxylation sites is 1. The second-order valence-electron chi connectivity index (χ2n) is 7.13. The van der Waals surface area contributed by atoms with E-state index in [2.05, 4.69) is 5.32 Å². The van der Waals surface area contributed by atoms with Gasteiger partial charge in [0, 0.05) is 31.4 Å². The van der Waals surface area contributed by atoms with Gasteiger partial charge >= 0.3 is 10.2 Å². The van der Waals surface area contributed by atoms with Crippen LogP contribution in [0.3, 0.4) is 0 Å². The lowest BCUT2D eigenvalue weighted by Gasteiger charge is -2.27. The number of methoxy groups -OCH3 is 1. The van der Waals surface area contributed by atoms with E-state index in [4.69, 9.17) is 4.74 Å². The van der Waals surface area contributed by atoms with Crippen molar-refractivity contribution < 1.29 is 22.3 Å². The van der Waals surface area contributed by atoms with Crippen LogP contribution in [0.15, 0.2) is 72.8 Å².